The third-order valence-electron chi connectivity index (χ3n) is 3.49. The van der Waals surface area contributed by atoms with Crippen LogP contribution in [0.2, 0.25) is 0 Å². The van der Waals surface area contributed by atoms with Crippen LogP contribution in [0.15, 0.2) is 88.8 Å². The molecule has 3 rings (SSSR count). The molecule has 4 nitrogen and oxygen atoms in total. The van der Waals surface area contributed by atoms with Gasteiger partial charge in [-0.2, -0.15) is 8.42 Å². The van der Waals surface area contributed by atoms with Gasteiger partial charge in [-0.3, -0.25) is 4.99 Å². The van der Waals surface area contributed by atoms with Crippen LogP contribution in [-0.2, 0) is 10.1 Å². The van der Waals surface area contributed by atoms with Gasteiger partial charge in [0.05, 0.1) is 5.69 Å². The Kier molecular flexibility index (Phi) is 4.95. The van der Waals surface area contributed by atoms with Crippen LogP contribution >= 0.6 is 0 Å². The van der Waals surface area contributed by atoms with Crippen LogP contribution in [0.4, 0.5) is 5.69 Å². The van der Waals surface area contributed by atoms with Gasteiger partial charge in [-0.25, -0.2) is 0 Å². The predicted molar refractivity (Wildman–Crippen MR) is 99.1 cm³/mol. The first kappa shape index (κ1) is 16.9. The first-order valence-electron chi connectivity index (χ1n) is 7.73. The summed E-state index contributed by atoms with van der Waals surface area (Å²) >= 11 is 0. The fourth-order valence-corrected chi connectivity index (χ4v) is 3.11. The Hall–Kier alpha value is -2.92. The largest absolute Gasteiger partial charge is 0.379 e. The number of nitrogens with zero attached hydrogens (tertiary/aromatic N) is 1. The zero-order chi connectivity index (χ0) is 17.7. The van der Waals surface area contributed by atoms with Gasteiger partial charge >= 0.3 is 10.1 Å². The Morgan fingerprint density at radius 1 is 0.880 bits per heavy atom. The van der Waals surface area contributed by atoms with E-state index in [9.17, 15) is 8.42 Å². The van der Waals surface area contributed by atoms with Gasteiger partial charge < -0.3 is 4.18 Å². The fourth-order valence-electron chi connectivity index (χ4n) is 2.19. The molecule has 0 saturated carbocycles. The highest BCUT2D eigenvalue weighted by Gasteiger charge is 2.16. The maximum absolute atomic E-state index is 12.3. The molecule has 0 atom stereocenters. The topological polar surface area (TPSA) is 55.7 Å². The molecular formula is C20H17NO3S. The maximum Gasteiger partial charge on any atom is 0.339 e. The summed E-state index contributed by atoms with van der Waals surface area (Å²) in [5, 5.41) is 0. The first-order valence-corrected chi connectivity index (χ1v) is 9.14. The van der Waals surface area contributed by atoms with Crippen LogP contribution < -0.4 is 4.18 Å². The zero-order valence-electron chi connectivity index (χ0n) is 13.7. The van der Waals surface area contributed by atoms with Gasteiger partial charge in [0.25, 0.3) is 0 Å². The van der Waals surface area contributed by atoms with Crippen molar-refractivity contribution in [2.24, 2.45) is 4.99 Å². The van der Waals surface area contributed by atoms with Crippen LogP contribution in [0.3, 0.4) is 0 Å². The van der Waals surface area contributed by atoms with Crippen molar-refractivity contribution in [3.05, 3.63) is 90.0 Å². The van der Waals surface area contributed by atoms with Crippen molar-refractivity contribution in [1.29, 1.82) is 0 Å². The van der Waals surface area contributed by atoms with E-state index >= 15 is 0 Å². The molecule has 0 aliphatic carbocycles. The molecule has 0 radical (unpaired) electrons. The van der Waals surface area contributed by atoms with E-state index in [-0.39, 0.29) is 10.6 Å². The van der Waals surface area contributed by atoms with E-state index in [1.165, 1.54) is 12.1 Å². The highest BCUT2D eigenvalue weighted by atomic mass is 32.2. The number of rotatable bonds is 5. The van der Waals surface area contributed by atoms with Crippen LogP contribution in [0.25, 0.3) is 0 Å². The number of benzene rings is 3. The van der Waals surface area contributed by atoms with Crippen molar-refractivity contribution in [3.63, 3.8) is 0 Å². The number of para-hydroxylation sites is 1. The Morgan fingerprint density at radius 3 is 2.32 bits per heavy atom. The highest BCUT2D eigenvalue weighted by Crippen LogP contribution is 2.20. The molecule has 3 aromatic rings. The lowest BCUT2D eigenvalue weighted by molar-refractivity contribution is 0.486. The molecule has 0 aliphatic rings. The molecule has 0 unspecified atom stereocenters. The molecular weight excluding hydrogens is 334 g/mol. The normalized spacial score (nSPS) is 11.6. The summed E-state index contributed by atoms with van der Waals surface area (Å²) in [6.07, 6.45) is 1.67. The van der Waals surface area contributed by atoms with Crippen molar-refractivity contribution >= 4 is 22.0 Å². The zero-order valence-corrected chi connectivity index (χ0v) is 14.5. The lowest BCUT2D eigenvalue weighted by Gasteiger charge is -2.07. The van der Waals surface area contributed by atoms with E-state index < -0.39 is 10.1 Å². The Morgan fingerprint density at radius 2 is 1.60 bits per heavy atom. The van der Waals surface area contributed by atoms with Crippen LogP contribution in [-0.4, -0.2) is 14.6 Å². The summed E-state index contributed by atoms with van der Waals surface area (Å²) in [7, 11) is -3.86. The molecule has 0 N–H and O–H groups in total. The van der Waals surface area contributed by atoms with Crippen LogP contribution in [0.5, 0.6) is 5.75 Å². The smallest absolute Gasteiger partial charge is 0.339 e. The summed E-state index contributed by atoms with van der Waals surface area (Å²) in [6.45, 7) is 1.90. The minimum atomic E-state index is -3.86. The van der Waals surface area contributed by atoms with Crippen molar-refractivity contribution in [2.45, 2.75) is 11.8 Å². The summed E-state index contributed by atoms with van der Waals surface area (Å²) < 4.78 is 29.9. The molecule has 0 spiro atoms. The lowest BCUT2D eigenvalue weighted by Crippen LogP contribution is -2.09. The molecule has 0 amide bonds. The third kappa shape index (κ3) is 4.55. The van der Waals surface area contributed by atoms with Crippen LogP contribution in [0, 0.1) is 6.92 Å². The van der Waals surface area contributed by atoms with E-state index in [4.69, 9.17) is 4.18 Å². The minimum absolute atomic E-state index is 0.126. The third-order valence-corrected chi connectivity index (χ3v) is 4.75. The van der Waals surface area contributed by atoms with Crippen molar-refractivity contribution in [3.8, 4) is 5.75 Å². The second-order valence-electron chi connectivity index (χ2n) is 5.52. The quantitative estimate of drug-likeness (QED) is 0.502. The number of hydrogen-bond acceptors (Lipinski definition) is 4. The summed E-state index contributed by atoms with van der Waals surface area (Å²) in [5.74, 6) is 0.248. The van der Waals surface area contributed by atoms with Gasteiger partial charge in [0.2, 0.25) is 0 Å². The predicted octanol–water partition coefficient (Wildman–Crippen LogP) is 4.51. The van der Waals surface area contributed by atoms with E-state index in [1.807, 2.05) is 43.3 Å². The van der Waals surface area contributed by atoms with E-state index in [0.717, 1.165) is 16.8 Å². The second kappa shape index (κ2) is 7.32. The monoisotopic (exact) mass is 351 g/mol. The van der Waals surface area contributed by atoms with Gasteiger partial charge in [-0.15, -0.1) is 0 Å². The number of aliphatic imine (C=N–C) groups is 1. The van der Waals surface area contributed by atoms with E-state index in [2.05, 4.69) is 4.99 Å². The SMILES string of the molecule is Cc1ccc(S(=O)(=O)Oc2cccc(C=Nc3ccccc3)c2)cc1. The second-order valence-corrected chi connectivity index (χ2v) is 7.06. The first-order chi connectivity index (χ1) is 12.0. The average Bonchev–Trinajstić information content (AvgIpc) is 2.61. The molecule has 5 heteroatoms. The lowest BCUT2D eigenvalue weighted by atomic mass is 10.2. The molecule has 0 aliphatic heterocycles. The molecule has 25 heavy (non-hydrogen) atoms. The van der Waals surface area contributed by atoms with Crippen molar-refractivity contribution in [2.75, 3.05) is 0 Å². The van der Waals surface area contributed by atoms with E-state index in [1.54, 1.807) is 36.5 Å². The Labute approximate surface area is 147 Å². The molecule has 3 aromatic carbocycles. The Bertz CT molecular complexity index is 979. The van der Waals surface area contributed by atoms with Gasteiger partial charge in [-0.05, 0) is 48.9 Å². The van der Waals surface area contributed by atoms with Crippen LogP contribution in [0.1, 0.15) is 11.1 Å². The fraction of sp³-hybridized carbons (Fsp3) is 0.0500. The minimum Gasteiger partial charge on any atom is -0.379 e. The van der Waals surface area contributed by atoms with Gasteiger partial charge in [0, 0.05) is 6.21 Å². The maximum atomic E-state index is 12.3. The van der Waals surface area contributed by atoms with Gasteiger partial charge in [0.1, 0.15) is 10.6 Å². The molecule has 0 aromatic heterocycles. The molecule has 126 valence electrons. The van der Waals surface area contributed by atoms with Gasteiger partial charge in [-0.1, -0.05) is 48.0 Å². The van der Waals surface area contributed by atoms with E-state index in [0.29, 0.717) is 0 Å². The molecule has 0 heterocycles. The van der Waals surface area contributed by atoms with Gasteiger partial charge in [0.15, 0.2) is 0 Å². The van der Waals surface area contributed by atoms with Crippen molar-refractivity contribution in [1.82, 2.24) is 0 Å². The molecule has 0 fully saturated rings. The molecule has 0 bridgehead atoms. The number of aryl methyl sites for hydroxylation is 1. The summed E-state index contributed by atoms with van der Waals surface area (Å²) in [5.41, 5.74) is 2.56. The summed E-state index contributed by atoms with van der Waals surface area (Å²) in [4.78, 5) is 4.48. The summed E-state index contributed by atoms with van der Waals surface area (Å²) in [6, 6.07) is 22.8. The highest BCUT2D eigenvalue weighted by molar-refractivity contribution is 7.87. The number of hydrogen-bond donors (Lipinski definition) is 0. The standard InChI is InChI=1S/C20H17NO3S/c1-16-10-12-20(13-11-16)25(22,23)24-19-9-5-6-17(14-19)15-21-18-7-3-2-4-8-18/h2-15H,1H3. The van der Waals surface area contributed by atoms with Crippen molar-refractivity contribution < 1.29 is 12.6 Å². The average molecular weight is 351 g/mol. The molecule has 0 saturated heterocycles. The Balaban J connectivity index is 1.79.